The minimum atomic E-state index is -0.584. The zero-order valence-corrected chi connectivity index (χ0v) is 18.2. The predicted octanol–water partition coefficient (Wildman–Crippen LogP) is 4.26. The Morgan fingerprint density at radius 2 is 2.03 bits per heavy atom. The normalized spacial score (nSPS) is 12.8. The van der Waals surface area contributed by atoms with Crippen LogP contribution in [0.2, 0.25) is 0 Å². The van der Waals surface area contributed by atoms with E-state index in [1.807, 2.05) is 13.8 Å². The lowest BCUT2D eigenvalue weighted by molar-refractivity contribution is 0.0474. The van der Waals surface area contributed by atoms with Crippen molar-refractivity contribution in [2.45, 2.75) is 39.5 Å². The maximum atomic E-state index is 13.0. The lowest BCUT2D eigenvalue weighted by atomic mass is 9.95. The molecular weight excluding hydrogens is 414 g/mol. The van der Waals surface area contributed by atoms with Gasteiger partial charge in [-0.1, -0.05) is 0 Å². The van der Waals surface area contributed by atoms with Gasteiger partial charge in [0.1, 0.15) is 5.00 Å². The van der Waals surface area contributed by atoms with E-state index in [0.29, 0.717) is 21.7 Å². The maximum absolute atomic E-state index is 13.0. The number of esters is 1. The van der Waals surface area contributed by atoms with E-state index in [0.717, 1.165) is 47.5 Å². The summed E-state index contributed by atoms with van der Waals surface area (Å²) in [6.07, 6.45) is 6.70. The van der Waals surface area contributed by atoms with Crippen molar-refractivity contribution in [1.29, 1.82) is 0 Å². The molecule has 4 rings (SSSR count). The number of nitrogens with one attached hydrogen (secondary N) is 2. The lowest BCUT2D eigenvalue weighted by Gasteiger charge is -2.12. The fourth-order valence-electron chi connectivity index (χ4n) is 3.84. The van der Waals surface area contributed by atoms with E-state index in [1.165, 1.54) is 17.5 Å². The molecule has 2 N–H and O–H groups in total. The molecule has 0 unspecified atom stereocenters. The highest BCUT2D eigenvalue weighted by molar-refractivity contribution is 7.17. The minimum absolute atomic E-state index is 0.264. The smallest absolute Gasteiger partial charge is 0.341 e. The highest BCUT2D eigenvalue weighted by Gasteiger charge is 2.28. The fourth-order valence-corrected chi connectivity index (χ4v) is 5.11. The van der Waals surface area contributed by atoms with Gasteiger partial charge in [0.25, 0.3) is 5.91 Å². The number of carbonyl (C=O) groups excluding carboxylic acids is 3. The van der Waals surface area contributed by atoms with Crippen molar-refractivity contribution in [1.82, 2.24) is 9.97 Å². The molecule has 0 bridgehead atoms. The van der Waals surface area contributed by atoms with Crippen molar-refractivity contribution in [3.8, 4) is 0 Å². The third-order valence-corrected chi connectivity index (χ3v) is 6.52. The molecule has 7 nitrogen and oxygen atoms in total. The van der Waals surface area contributed by atoms with Gasteiger partial charge in [-0.05, 0) is 63.3 Å². The SMILES string of the molecule is Cc1cc(C(=O)COC(=O)c2c(NC(=O)c3cccnc3)sc3c2CCCC3)c(C)[nH]1. The summed E-state index contributed by atoms with van der Waals surface area (Å²) < 4.78 is 5.40. The number of thiophene rings is 1. The molecule has 0 spiro atoms. The summed E-state index contributed by atoms with van der Waals surface area (Å²) in [6, 6.07) is 5.09. The van der Waals surface area contributed by atoms with Crippen LogP contribution in [-0.4, -0.2) is 34.2 Å². The number of amides is 1. The molecule has 3 aromatic heterocycles. The summed E-state index contributed by atoms with van der Waals surface area (Å²) in [5.41, 5.74) is 3.83. The zero-order chi connectivity index (χ0) is 22.0. The zero-order valence-electron chi connectivity index (χ0n) is 17.4. The van der Waals surface area contributed by atoms with Gasteiger partial charge in [-0.25, -0.2) is 4.79 Å². The van der Waals surface area contributed by atoms with E-state index in [-0.39, 0.29) is 18.3 Å². The molecule has 0 saturated heterocycles. The number of pyridine rings is 1. The summed E-state index contributed by atoms with van der Waals surface area (Å²) in [7, 11) is 0. The molecule has 0 fully saturated rings. The molecular formula is C23H23N3O4S. The Kier molecular flexibility index (Phi) is 5.99. The third kappa shape index (κ3) is 4.44. The van der Waals surface area contributed by atoms with Gasteiger partial charge in [-0.3, -0.25) is 14.6 Å². The Hall–Kier alpha value is -3.26. The summed E-state index contributed by atoms with van der Waals surface area (Å²) in [6.45, 7) is 3.33. The average molecular weight is 438 g/mol. The number of carbonyl (C=O) groups is 3. The monoisotopic (exact) mass is 437 g/mol. The van der Waals surface area contributed by atoms with Crippen molar-refractivity contribution in [3.63, 3.8) is 0 Å². The van der Waals surface area contributed by atoms with E-state index < -0.39 is 5.97 Å². The van der Waals surface area contributed by atoms with Crippen molar-refractivity contribution >= 4 is 34.0 Å². The number of aromatic amines is 1. The minimum Gasteiger partial charge on any atom is -0.454 e. The number of hydrogen-bond donors (Lipinski definition) is 2. The molecule has 0 radical (unpaired) electrons. The van der Waals surface area contributed by atoms with Crippen LogP contribution < -0.4 is 5.32 Å². The molecule has 8 heteroatoms. The van der Waals surface area contributed by atoms with Crippen LogP contribution in [0.1, 0.15) is 65.7 Å². The van der Waals surface area contributed by atoms with E-state index in [4.69, 9.17) is 4.74 Å². The third-order valence-electron chi connectivity index (χ3n) is 5.31. The van der Waals surface area contributed by atoms with Gasteiger partial charge in [0.2, 0.25) is 5.78 Å². The first-order valence-corrected chi connectivity index (χ1v) is 11.0. The number of H-pyrrole nitrogens is 1. The molecule has 3 aromatic rings. The van der Waals surface area contributed by atoms with Gasteiger partial charge in [0.05, 0.1) is 11.1 Å². The average Bonchev–Trinajstić information content (AvgIpc) is 3.30. The van der Waals surface area contributed by atoms with Crippen molar-refractivity contribution in [3.05, 3.63) is 69.1 Å². The largest absolute Gasteiger partial charge is 0.454 e. The summed E-state index contributed by atoms with van der Waals surface area (Å²) in [5.74, 6) is -1.19. The first-order valence-electron chi connectivity index (χ1n) is 10.2. The van der Waals surface area contributed by atoms with E-state index >= 15 is 0 Å². The molecule has 1 aliphatic carbocycles. The molecule has 0 aliphatic heterocycles. The lowest BCUT2D eigenvalue weighted by Crippen LogP contribution is -2.18. The van der Waals surface area contributed by atoms with Crippen LogP contribution in [0.5, 0.6) is 0 Å². The van der Waals surface area contributed by atoms with Gasteiger partial charge in [-0.2, -0.15) is 0 Å². The van der Waals surface area contributed by atoms with E-state index in [9.17, 15) is 14.4 Å². The van der Waals surface area contributed by atoms with E-state index in [2.05, 4.69) is 15.3 Å². The second-order valence-corrected chi connectivity index (χ2v) is 8.71. The number of ketones is 1. The highest BCUT2D eigenvalue weighted by Crippen LogP contribution is 2.38. The summed E-state index contributed by atoms with van der Waals surface area (Å²) in [5, 5.41) is 3.31. The standard InChI is InChI=1S/C23H23N3O4S/c1-13-10-17(14(2)25-13)18(27)12-30-23(29)20-16-7-3-4-8-19(16)31-22(20)26-21(28)15-6-5-9-24-11-15/h5-6,9-11,25H,3-4,7-8,12H2,1-2H3,(H,26,28). The number of hydrogen-bond acceptors (Lipinski definition) is 6. The fraction of sp³-hybridized carbons (Fsp3) is 0.304. The Bertz CT molecular complexity index is 1150. The van der Waals surface area contributed by atoms with Gasteiger partial charge in [0.15, 0.2) is 6.61 Å². The molecule has 1 amide bonds. The van der Waals surface area contributed by atoms with Crippen molar-refractivity contribution < 1.29 is 19.1 Å². The molecule has 0 aromatic carbocycles. The molecule has 1 aliphatic rings. The van der Waals surface area contributed by atoms with Crippen LogP contribution in [0.15, 0.2) is 30.6 Å². The number of ether oxygens (including phenoxy) is 1. The number of nitrogens with zero attached hydrogens (tertiary/aromatic N) is 1. The number of fused-ring (bicyclic) bond motifs is 1. The van der Waals surface area contributed by atoms with Crippen LogP contribution in [-0.2, 0) is 17.6 Å². The predicted molar refractivity (Wildman–Crippen MR) is 118 cm³/mol. The first kappa shape index (κ1) is 21.0. The Morgan fingerprint density at radius 1 is 1.23 bits per heavy atom. The molecule has 0 atom stereocenters. The number of aryl methyl sites for hydroxylation is 3. The van der Waals surface area contributed by atoms with Crippen LogP contribution in [0.3, 0.4) is 0 Å². The Labute approximate surface area is 183 Å². The number of Topliss-reactive ketones (excluding diaryl/α,β-unsaturated/α-hetero) is 1. The van der Waals surface area contributed by atoms with Gasteiger partial charge in [0, 0.05) is 34.2 Å². The summed E-state index contributed by atoms with van der Waals surface area (Å²) >= 11 is 1.41. The second kappa shape index (κ2) is 8.85. The highest BCUT2D eigenvalue weighted by atomic mass is 32.1. The molecule has 3 heterocycles. The number of rotatable bonds is 6. The maximum Gasteiger partial charge on any atom is 0.341 e. The van der Waals surface area contributed by atoms with Gasteiger partial charge < -0.3 is 15.0 Å². The van der Waals surface area contributed by atoms with Crippen LogP contribution in [0, 0.1) is 13.8 Å². The number of anilines is 1. The molecule has 0 saturated carbocycles. The number of aromatic nitrogens is 2. The Balaban J connectivity index is 1.55. The van der Waals surface area contributed by atoms with Crippen molar-refractivity contribution in [2.24, 2.45) is 0 Å². The summed E-state index contributed by atoms with van der Waals surface area (Å²) in [4.78, 5) is 46.3. The van der Waals surface area contributed by atoms with Crippen LogP contribution in [0.25, 0.3) is 0 Å². The van der Waals surface area contributed by atoms with Crippen molar-refractivity contribution in [2.75, 3.05) is 11.9 Å². The van der Waals surface area contributed by atoms with Crippen LogP contribution >= 0.6 is 11.3 Å². The Morgan fingerprint density at radius 3 is 2.74 bits per heavy atom. The topological polar surface area (TPSA) is 101 Å². The van der Waals surface area contributed by atoms with E-state index in [1.54, 1.807) is 24.4 Å². The molecule has 31 heavy (non-hydrogen) atoms. The quantitative estimate of drug-likeness (QED) is 0.443. The molecule has 160 valence electrons. The first-order chi connectivity index (χ1) is 14.9. The van der Waals surface area contributed by atoms with Gasteiger partial charge >= 0.3 is 5.97 Å². The van der Waals surface area contributed by atoms with Crippen LogP contribution in [0.4, 0.5) is 5.00 Å². The second-order valence-electron chi connectivity index (χ2n) is 7.60. The van der Waals surface area contributed by atoms with Gasteiger partial charge in [-0.15, -0.1) is 11.3 Å².